The zero-order valence-electron chi connectivity index (χ0n) is 12.1. The molecule has 0 bridgehead atoms. The summed E-state index contributed by atoms with van der Waals surface area (Å²) >= 11 is 0. The molecule has 0 aliphatic carbocycles. The van der Waals surface area contributed by atoms with E-state index >= 15 is 0 Å². The highest BCUT2D eigenvalue weighted by Crippen LogP contribution is 2.25. The Hall–Kier alpha value is -1.71. The van der Waals surface area contributed by atoms with Crippen LogP contribution in [-0.4, -0.2) is 35.5 Å². The fourth-order valence-electron chi connectivity index (χ4n) is 3.37. The second-order valence-electron chi connectivity index (χ2n) is 6.13. The summed E-state index contributed by atoms with van der Waals surface area (Å²) in [6.07, 6.45) is 3.24. The number of piperidine rings is 1. The SMILES string of the molecule is CC1CCCN(C(=O)N2CCc3c(N)cccc3C2)C1. The van der Waals surface area contributed by atoms with Gasteiger partial charge in [0.05, 0.1) is 0 Å². The lowest BCUT2D eigenvalue weighted by Gasteiger charge is -2.37. The first kappa shape index (κ1) is 13.3. The van der Waals surface area contributed by atoms with Crippen molar-refractivity contribution in [1.82, 2.24) is 9.80 Å². The maximum Gasteiger partial charge on any atom is 0.320 e. The number of fused-ring (bicyclic) bond motifs is 1. The van der Waals surface area contributed by atoms with Crippen LogP contribution in [0, 0.1) is 5.92 Å². The van der Waals surface area contributed by atoms with Crippen molar-refractivity contribution in [3.8, 4) is 0 Å². The Morgan fingerprint density at radius 2 is 2.15 bits per heavy atom. The number of benzene rings is 1. The summed E-state index contributed by atoms with van der Waals surface area (Å²) in [5.41, 5.74) is 9.30. The molecule has 0 aromatic heterocycles. The Morgan fingerprint density at radius 1 is 1.30 bits per heavy atom. The smallest absolute Gasteiger partial charge is 0.320 e. The van der Waals surface area contributed by atoms with Crippen LogP contribution in [0.3, 0.4) is 0 Å². The third-order valence-electron chi connectivity index (χ3n) is 4.50. The molecule has 0 radical (unpaired) electrons. The maximum absolute atomic E-state index is 12.6. The van der Waals surface area contributed by atoms with Crippen molar-refractivity contribution < 1.29 is 4.79 Å². The highest BCUT2D eigenvalue weighted by molar-refractivity contribution is 5.75. The molecule has 2 N–H and O–H groups in total. The minimum absolute atomic E-state index is 0.199. The molecule has 1 unspecified atom stereocenters. The first-order valence-corrected chi connectivity index (χ1v) is 7.55. The lowest BCUT2D eigenvalue weighted by atomic mass is 9.97. The summed E-state index contributed by atoms with van der Waals surface area (Å²) < 4.78 is 0. The molecule has 20 heavy (non-hydrogen) atoms. The lowest BCUT2D eigenvalue weighted by molar-refractivity contribution is 0.127. The van der Waals surface area contributed by atoms with Gasteiger partial charge in [0.1, 0.15) is 0 Å². The standard InChI is InChI=1S/C16H23N3O/c1-12-4-3-8-18(10-12)16(20)19-9-7-14-13(11-19)5-2-6-15(14)17/h2,5-6,12H,3-4,7-11,17H2,1H3. The first-order chi connectivity index (χ1) is 9.65. The molecule has 1 atom stereocenters. The summed E-state index contributed by atoms with van der Waals surface area (Å²) in [5.74, 6) is 0.625. The van der Waals surface area contributed by atoms with Crippen LogP contribution in [0.25, 0.3) is 0 Å². The predicted octanol–water partition coefficient (Wildman–Crippen LogP) is 2.48. The van der Waals surface area contributed by atoms with Crippen molar-refractivity contribution in [1.29, 1.82) is 0 Å². The van der Waals surface area contributed by atoms with E-state index in [1.165, 1.54) is 17.5 Å². The van der Waals surface area contributed by atoms with Gasteiger partial charge in [-0.1, -0.05) is 19.1 Å². The van der Waals surface area contributed by atoms with E-state index in [2.05, 4.69) is 13.0 Å². The minimum Gasteiger partial charge on any atom is -0.398 e. The quantitative estimate of drug-likeness (QED) is 0.738. The van der Waals surface area contributed by atoms with Crippen molar-refractivity contribution >= 4 is 11.7 Å². The highest BCUT2D eigenvalue weighted by Gasteiger charge is 2.28. The molecule has 2 amide bonds. The van der Waals surface area contributed by atoms with Crippen LogP contribution in [0.2, 0.25) is 0 Å². The summed E-state index contributed by atoms with van der Waals surface area (Å²) in [5, 5.41) is 0. The molecule has 3 rings (SSSR count). The number of nitrogen functional groups attached to an aromatic ring is 1. The van der Waals surface area contributed by atoms with Gasteiger partial charge < -0.3 is 15.5 Å². The molecule has 2 aliphatic rings. The van der Waals surface area contributed by atoms with E-state index in [-0.39, 0.29) is 6.03 Å². The zero-order chi connectivity index (χ0) is 14.1. The Balaban J connectivity index is 1.72. The third kappa shape index (κ3) is 2.47. The topological polar surface area (TPSA) is 49.6 Å². The summed E-state index contributed by atoms with van der Waals surface area (Å²) in [7, 11) is 0. The van der Waals surface area contributed by atoms with E-state index in [0.29, 0.717) is 12.5 Å². The molecule has 0 spiro atoms. The van der Waals surface area contributed by atoms with Crippen LogP contribution < -0.4 is 5.73 Å². The number of rotatable bonds is 0. The van der Waals surface area contributed by atoms with E-state index in [1.54, 1.807) is 0 Å². The number of carbonyl (C=O) groups is 1. The van der Waals surface area contributed by atoms with Crippen molar-refractivity contribution in [2.75, 3.05) is 25.4 Å². The van der Waals surface area contributed by atoms with Crippen molar-refractivity contribution in [3.05, 3.63) is 29.3 Å². The Bertz CT molecular complexity index is 514. The second kappa shape index (κ2) is 5.35. The number of hydrogen-bond acceptors (Lipinski definition) is 2. The first-order valence-electron chi connectivity index (χ1n) is 7.55. The number of nitrogens with zero attached hydrogens (tertiary/aromatic N) is 2. The molecule has 1 aromatic carbocycles. The maximum atomic E-state index is 12.6. The average Bonchev–Trinajstić information content (AvgIpc) is 2.46. The monoisotopic (exact) mass is 273 g/mol. The van der Waals surface area contributed by atoms with Crippen molar-refractivity contribution in [2.45, 2.75) is 32.7 Å². The Kier molecular flexibility index (Phi) is 3.55. The van der Waals surface area contributed by atoms with E-state index in [0.717, 1.165) is 38.2 Å². The fraction of sp³-hybridized carbons (Fsp3) is 0.562. The fourth-order valence-corrected chi connectivity index (χ4v) is 3.37. The highest BCUT2D eigenvalue weighted by atomic mass is 16.2. The molecule has 1 saturated heterocycles. The molecule has 4 nitrogen and oxygen atoms in total. The van der Waals surface area contributed by atoms with E-state index < -0.39 is 0 Å². The lowest BCUT2D eigenvalue weighted by Crippen LogP contribution is -2.48. The number of nitrogens with two attached hydrogens (primary N) is 1. The van der Waals surface area contributed by atoms with Gasteiger partial charge in [-0.3, -0.25) is 0 Å². The molecule has 2 aliphatic heterocycles. The summed E-state index contributed by atoms with van der Waals surface area (Å²) in [6, 6.07) is 6.21. The Labute approximate surface area is 120 Å². The predicted molar refractivity (Wildman–Crippen MR) is 80.3 cm³/mol. The number of urea groups is 1. The Morgan fingerprint density at radius 3 is 2.95 bits per heavy atom. The van der Waals surface area contributed by atoms with Gasteiger partial charge in [0.25, 0.3) is 0 Å². The summed E-state index contributed by atoms with van der Waals surface area (Å²) in [6.45, 7) is 5.52. The number of likely N-dealkylation sites (tertiary alicyclic amines) is 1. The van der Waals surface area contributed by atoms with Crippen LogP contribution in [0.15, 0.2) is 18.2 Å². The van der Waals surface area contributed by atoms with Gasteiger partial charge in [-0.05, 0) is 42.4 Å². The zero-order valence-corrected chi connectivity index (χ0v) is 12.1. The van der Waals surface area contributed by atoms with Crippen molar-refractivity contribution in [2.24, 2.45) is 5.92 Å². The van der Waals surface area contributed by atoms with Gasteiger partial charge in [-0.15, -0.1) is 0 Å². The van der Waals surface area contributed by atoms with Gasteiger partial charge in [-0.2, -0.15) is 0 Å². The van der Waals surface area contributed by atoms with Crippen molar-refractivity contribution in [3.63, 3.8) is 0 Å². The number of amides is 2. The van der Waals surface area contributed by atoms with E-state index in [9.17, 15) is 4.79 Å². The van der Waals surface area contributed by atoms with Gasteiger partial charge in [0.15, 0.2) is 0 Å². The van der Waals surface area contributed by atoms with Crippen LogP contribution in [-0.2, 0) is 13.0 Å². The molecule has 1 fully saturated rings. The second-order valence-corrected chi connectivity index (χ2v) is 6.13. The van der Waals surface area contributed by atoms with Gasteiger partial charge in [0, 0.05) is 31.9 Å². The van der Waals surface area contributed by atoms with E-state index in [1.807, 2.05) is 21.9 Å². The largest absolute Gasteiger partial charge is 0.398 e. The normalized spacial score (nSPS) is 22.6. The molecule has 0 saturated carbocycles. The molecule has 2 heterocycles. The number of hydrogen-bond donors (Lipinski definition) is 1. The van der Waals surface area contributed by atoms with Gasteiger partial charge in [-0.25, -0.2) is 4.79 Å². The van der Waals surface area contributed by atoms with Gasteiger partial charge in [0.2, 0.25) is 0 Å². The molecule has 108 valence electrons. The van der Waals surface area contributed by atoms with Crippen LogP contribution in [0.5, 0.6) is 0 Å². The third-order valence-corrected chi connectivity index (χ3v) is 4.50. The molecular formula is C16H23N3O. The minimum atomic E-state index is 0.199. The van der Waals surface area contributed by atoms with E-state index in [4.69, 9.17) is 5.73 Å². The number of anilines is 1. The van der Waals surface area contributed by atoms with Gasteiger partial charge >= 0.3 is 6.03 Å². The molecular weight excluding hydrogens is 250 g/mol. The molecule has 4 heteroatoms. The number of carbonyl (C=O) groups excluding carboxylic acids is 1. The van der Waals surface area contributed by atoms with Crippen LogP contribution >= 0.6 is 0 Å². The summed E-state index contributed by atoms with van der Waals surface area (Å²) in [4.78, 5) is 16.6. The van der Waals surface area contributed by atoms with Crippen LogP contribution in [0.1, 0.15) is 30.9 Å². The average molecular weight is 273 g/mol. The molecule has 1 aromatic rings. The van der Waals surface area contributed by atoms with Crippen LogP contribution in [0.4, 0.5) is 10.5 Å².